The Bertz CT molecular complexity index is 5250. The van der Waals surface area contributed by atoms with Crippen molar-refractivity contribution >= 4 is 53.5 Å². The van der Waals surface area contributed by atoms with E-state index in [0.717, 1.165) is 33.8 Å². The average molecular weight is 1270 g/mol. The first kappa shape index (κ1) is 56.5. The topological polar surface area (TPSA) is 3.24 Å². The highest BCUT2D eigenvalue weighted by Crippen LogP contribution is 2.66. The first-order valence-electron chi connectivity index (χ1n) is 35.0. The van der Waals surface area contributed by atoms with Crippen molar-refractivity contribution in [1.29, 1.82) is 0 Å². The van der Waals surface area contributed by atoms with Crippen LogP contribution in [0.4, 0.5) is 17.1 Å². The van der Waals surface area contributed by atoms with E-state index in [2.05, 4.69) is 387 Å². The summed E-state index contributed by atoms with van der Waals surface area (Å²) in [4.78, 5) is 2.38. The Morgan fingerprint density at radius 2 is 0.310 bits per heavy atom. The molecule has 21 rings (SSSR count). The van der Waals surface area contributed by atoms with Gasteiger partial charge in [-0.25, -0.2) is 0 Å². The fourth-order valence-corrected chi connectivity index (χ4v) is 18.9. The van der Waals surface area contributed by atoms with E-state index in [1.807, 2.05) is 0 Å². The Hall–Kier alpha value is -12.7. The van der Waals surface area contributed by atoms with Gasteiger partial charge < -0.3 is 4.90 Å². The zero-order chi connectivity index (χ0) is 65.7. The minimum atomic E-state index is -0.385. The fourth-order valence-electron chi connectivity index (χ4n) is 18.9. The zero-order valence-electron chi connectivity index (χ0n) is 54.8. The van der Waals surface area contributed by atoms with Gasteiger partial charge in [0, 0.05) is 17.1 Å². The molecule has 0 aromatic heterocycles. The molecule has 0 radical (unpaired) electrons. The minimum Gasteiger partial charge on any atom is -0.311 e. The molecule has 1 heteroatoms. The number of hydrogen-bond donors (Lipinski definition) is 0. The predicted octanol–water partition coefficient (Wildman–Crippen LogP) is 24.7. The van der Waals surface area contributed by atoms with E-state index in [0.29, 0.717) is 0 Å². The van der Waals surface area contributed by atoms with Gasteiger partial charge in [0.15, 0.2) is 0 Å². The number of hydrogen-bond acceptors (Lipinski definition) is 1. The molecule has 0 atom stereocenters. The van der Waals surface area contributed by atoms with Crippen LogP contribution in [0.1, 0.15) is 100 Å². The molecule has 3 spiro atoms. The standard InChI is InChI=1S/C99H63N/c1-10-28-85-73(19-1)74-20-2-11-29-86(74)97(85)91-34-16-7-25-79(91)82-58-49-67(61-94(82)97)40-37-64-43-52-70(53-44-64)100(71-54-45-65(46-55-71)38-41-68-50-59-83-80-26-8-17-35-92(80)98(95(83)62-68)87-30-12-3-21-75(87)76-22-4-13-31-88(76)98)72-56-47-66(48-57-72)39-42-69-51-60-84-81-27-9-18-36-93(81)99(96(84)63-69)89-32-14-5-23-77(89)78-24-6-15-33-90(78)99/h1-63H/b40-37+,41-38+,42-39+. The lowest BCUT2D eigenvalue weighted by atomic mass is 9.70. The highest BCUT2D eigenvalue weighted by atomic mass is 15.1. The van der Waals surface area contributed by atoms with E-state index in [1.165, 1.54) is 150 Å². The summed E-state index contributed by atoms with van der Waals surface area (Å²) in [6.07, 6.45) is 13.6. The Labute approximate surface area is 583 Å². The van der Waals surface area contributed by atoms with Crippen LogP contribution in [-0.2, 0) is 16.2 Å². The SMILES string of the molecule is C(=C\c1ccc2c(c1)C1(c3ccccc3-c3ccccc31)c1ccccc1-2)/c1ccc(N(c2ccc(/C=C/c3ccc4c(c3)C3(c5ccccc5-c5ccccc53)c3ccccc3-4)cc2)c2ccc(/C=C/c3ccc4c(c3)C3(c5ccccc5-c5ccccc53)c3ccccc3-4)cc2)cc1. The molecule has 0 fully saturated rings. The Morgan fingerprint density at radius 3 is 0.510 bits per heavy atom. The first-order chi connectivity index (χ1) is 49.6. The molecule has 6 aliphatic carbocycles. The quantitative estimate of drug-likeness (QED) is 0.130. The van der Waals surface area contributed by atoms with Crippen molar-refractivity contribution in [2.45, 2.75) is 16.2 Å². The second-order valence-corrected chi connectivity index (χ2v) is 27.7. The largest absolute Gasteiger partial charge is 0.311 e. The molecule has 0 N–H and O–H groups in total. The van der Waals surface area contributed by atoms with Gasteiger partial charge >= 0.3 is 0 Å². The van der Waals surface area contributed by atoms with Crippen LogP contribution < -0.4 is 4.90 Å². The van der Waals surface area contributed by atoms with Crippen molar-refractivity contribution in [2.75, 3.05) is 4.90 Å². The first-order valence-corrected chi connectivity index (χ1v) is 35.0. The van der Waals surface area contributed by atoms with E-state index >= 15 is 0 Å². The van der Waals surface area contributed by atoms with Gasteiger partial charge in [0.05, 0.1) is 16.2 Å². The molecule has 100 heavy (non-hydrogen) atoms. The molecule has 0 saturated heterocycles. The minimum absolute atomic E-state index is 0.385. The van der Waals surface area contributed by atoms with E-state index in [9.17, 15) is 0 Å². The average Bonchev–Trinajstić information content (AvgIpc) is 1.53. The number of fused-ring (bicyclic) bond motifs is 30. The van der Waals surface area contributed by atoms with Crippen LogP contribution in [0, 0.1) is 0 Å². The number of nitrogens with zero attached hydrogens (tertiary/aromatic N) is 1. The van der Waals surface area contributed by atoms with Crippen molar-refractivity contribution in [3.05, 3.63) is 446 Å². The van der Waals surface area contributed by atoms with Crippen LogP contribution in [0.3, 0.4) is 0 Å². The molecule has 464 valence electrons. The van der Waals surface area contributed by atoms with Crippen molar-refractivity contribution in [1.82, 2.24) is 0 Å². The van der Waals surface area contributed by atoms with Gasteiger partial charge in [-0.15, -0.1) is 0 Å². The van der Waals surface area contributed by atoms with Gasteiger partial charge in [-0.2, -0.15) is 0 Å². The lowest BCUT2D eigenvalue weighted by molar-refractivity contribution is 0.793. The molecular weight excluding hydrogens is 1200 g/mol. The molecule has 1 nitrogen and oxygen atoms in total. The van der Waals surface area contributed by atoms with E-state index in [1.54, 1.807) is 0 Å². The van der Waals surface area contributed by atoms with Crippen molar-refractivity contribution < 1.29 is 0 Å². The summed E-state index contributed by atoms with van der Waals surface area (Å²) in [7, 11) is 0. The van der Waals surface area contributed by atoms with Crippen molar-refractivity contribution in [3.63, 3.8) is 0 Å². The van der Waals surface area contributed by atoms with Crippen LogP contribution in [0.25, 0.3) is 103 Å². The third kappa shape index (κ3) is 7.83. The summed E-state index contributed by atoms with van der Waals surface area (Å²) in [5.41, 5.74) is 41.0. The van der Waals surface area contributed by atoms with Gasteiger partial charge in [-0.1, -0.05) is 328 Å². The van der Waals surface area contributed by atoms with Gasteiger partial charge in [-0.05, 0) is 222 Å². The maximum atomic E-state index is 2.45. The molecule has 6 aliphatic rings. The molecule has 15 aromatic carbocycles. The lowest BCUT2D eigenvalue weighted by Gasteiger charge is -2.30. The van der Waals surface area contributed by atoms with Crippen LogP contribution in [0.15, 0.2) is 346 Å². The Morgan fingerprint density at radius 1 is 0.150 bits per heavy atom. The van der Waals surface area contributed by atoms with Crippen LogP contribution >= 0.6 is 0 Å². The molecule has 0 amide bonds. The molecular formula is C99H63N. The Kier molecular flexibility index (Phi) is 12.2. The smallest absolute Gasteiger partial charge is 0.0725 e. The second-order valence-electron chi connectivity index (χ2n) is 27.7. The normalized spacial score (nSPS) is 14.5. The molecule has 15 aromatic rings. The summed E-state index contributed by atoms with van der Waals surface area (Å²) < 4.78 is 0. The van der Waals surface area contributed by atoms with Crippen LogP contribution in [0.5, 0.6) is 0 Å². The summed E-state index contributed by atoms with van der Waals surface area (Å²) in [6, 6.07) is 130. The summed E-state index contributed by atoms with van der Waals surface area (Å²) >= 11 is 0. The van der Waals surface area contributed by atoms with Gasteiger partial charge in [0.25, 0.3) is 0 Å². The highest BCUT2D eigenvalue weighted by Gasteiger charge is 2.54. The van der Waals surface area contributed by atoms with E-state index in [4.69, 9.17) is 0 Å². The van der Waals surface area contributed by atoms with E-state index in [-0.39, 0.29) is 16.2 Å². The fraction of sp³-hybridized carbons (Fsp3) is 0.0303. The third-order valence-electron chi connectivity index (χ3n) is 22.9. The van der Waals surface area contributed by atoms with Gasteiger partial charge in [0.2, 0.25) is 0 Å². The van der Waals surface area contributed by atoms with Crippen molar-refractivity contribution in [3.8, 4) is 66.8 Å². The molecule has 0 heterocycles. The van der Waals surface area contributed by atoms with Crippen molar-refractivity contribution in [2.24, 2.45) is 0 Å². The van der Waals surface area contributed by atoms with Gasteiger partial charge in [-0.3, -0.25) is 0 Å². The third-order valence-corrected chi connectivity index (χ3v) is 22.9. The number of rotatable bonds is 9. The summed E-state index contributed by atoms with van der Waals surface area (Å²) in [5, 5.41) is 0. The van der Waals surface area contributed by atoms with Crippen LogP contribution in [-0.4, -0.2) is 0 Å². The van der Waals surface area contributed by atoms with E-state index < -0.39 is 0 Å². The van der Waals surface area contributed by atoms with Crippen LogP contribution in [0.2, 0.25) is 0 Å². The second kappa shape index (κ2) is 21.7. The Balaban J connectivity index is 0.616. The molecule has 0 bridgehead atoms. The zero-order valence-corrected chi connectivity index (χ0v) is 54.8. The van der Waals surface area contributed by atoms with Gasteiger partial charge in [0.1, 0.15) is 0 Å². The molecule has 0 saturated carbocycles. The maximum absolute atomic E-state index is 2.45. The number of benzene rings is 15. The molecule has 0 aliphatic heterocycles. The maximum Gasteiger partial charge on any atom is 0.0725 e. The highest BCUT2D eigenvalue weighted by molar-refractivity contribution is 6.00. The molecule has 0 unspecified atom stereocenters. The predicted molar refractivity (Wildman–Crippen MR) is 416 cm³/mol. The summed E-state index contributed by atoms with van der Waals surface area (Å²) in [5.74, 6) is 0. The monoisotopic (exact) mass is 1270 g/mol. The summed E-state index contributed by atoms with van der Waals surface area (Å²) in [6.45, 7) is 0. The number of anilines is 3. The lowest BCUT2D eigenvalue weighted by Crippen LogP contribution is -2.25.